The molecule has 1 aromatic carbocycles. The van der Waals surface area contributed by atoms with Gasteiger partial charge in [-0.05, 0) is 24.8 Å². The van der Waals surface area contributed by atoms with Crippen LogP contribution in [0.15, 0.2) is 18.2 Å². The quantitative estimate of drug-likeness (QED) is 0.692. The van der Waals surface area contributed by atoms with Gasteiger partial charge in [0.2, 0.25) is 0 Å². The van der Waals surface area contributed by atoms with Gasteiger partial charge in [0.25, 0.3) is 0 Å². The zero-order valence-electron chi connectivity index (χ0n) is 7.37. The Morgan fingerprint density at radius 1 is 1.62 bits per heavy atom. The smallest absolute Gasteiger partial charge is 0.335 e. The van der Waals surface area contributed by atoms with Crippen LogP contribution in [-0.2, 0) is 6.42 Å². The monoisotopic (exact) mass is 177 g/mol. The molecule has 0 aliphatic carbocycles. The molecule has 0 unspecified atom stereocenters. The fourth-order valence-corrected chi connectivity index (χ4v) is 1.18. The lowest BCUT2D eigenvalue weighted by Crippen LogP contribution is -2.03. The fraction of sp³-hybridized carbons (Fsp3) is 0.200. The van der Waals surface area contributed by atoms with Gasteiger partial charge in [-0.15, -0.1) is 0 Å². The molecule has 2 N–H and O–H groups in total. The molecule has 13 heavy (non-hydrogen) atoms. The predicted octanol–water partition coefficient (Wildman–Crippen LogP) is 1.89. The third-order valence-corrected chi connectivity index (χ3v) is 1.82. The van der Waals surface area contributed by atoms with Crippen LogP contribution in [0.2, 0.25) is 0 Å². The Balaban J connectivity index is 3.17. The zero-order valence-corrected chi connectivity index (χ0v) is 7.37. The van der Waals surface area contributed by atoms with Gasteiger partial charge in [-0.1, -0.05) is 17.7 Å². The molecule has 0 aliphatic heterocycles. The number of carboxylic acid groups (broad SMARTS) is 1. The zero-order chi connectivity index (χ0) is 9.84. The summed E-state index contributed by atoms with van der Waals surface area (Å²) in [5.41, 5.74) is 1.91. The Hall–Kier alpha value is -1.64. The van der Waals surface area contributed by atoms with Gasteiger partial charge in [-0.25, -0.2) is 4.79 Å². The van der Waals surface area contributed by atoms with Crippen LogP contribution in [-0.4, -0.2) is 17.3 Å². The lowest BCUT2D eigenvalue weighted by molar-refractivity contribution is 0.0696. The van der Waals surface area contributed by atoms with Gasteiger partial charge in [0.05, 0.1) is 5.56 Å². The first-order valence-electron chi connectivity index (χ1n) is 3.97. The second kappa shape index (κ2) is 3.85. The van der Waals surface area contributed by atoms with Crippen LogP contribution in [0.1, 0.15) is 21.5 Å². The normalized spacial score (nSPS) is 9.62. The summed E-state index contributed by atoms with van der Waals surface area (Å²) in [7, 11) is 0. The Kier molecular flexibility index (Phi) is 2.80. The van der Waals surface area contributed by atoms with Crippen LogP contribution < -0.4 is 0 Å². The maximum atomic E-state index is 10.8. The van der Waals surface area contributed by atoms with E-state index in [0.717, 1.165) is 5.56 Å². The lowest BCUT2D eigenvalue weighted by Gasteiger charge is -2.03. The van der Waals surface area contributed by atoms with Crippen molar-refractivity contribution in [2.45, 2.75) is 13.3 Å². The van der Waals surface area contributed by atoms with Crippen LogP contribution >= 0.6 is 0 Å². The molecule has 0 saturated carbocycles. The molecule has 0 radical (unpaired) electrons. The van der Waals surface area contributed by atoms with Crippen molar-refractivity contribution in [3.05, 3.63) is 34.9 Å². The molecular weight excluding hydrogens is 166 g/mol. The molecule has 3 heteroatoms. The van der Waals surface area contributed by atoms with E-state index in [0.29, 0.717) is 17.5 Å². The van der Waals surface area contributed by atoms with E-state index in [2.05, 4.69) is 0 Å². The van der Waals surface area contributed by atoms with Crippen molar-refractivity contribution in [1.29, 1.82) is 5.41 Å². The number of hydrogen-bond donors (Lipinski definition) is 2. The van der Waals surface area contributed by atoms with Crippen molar-refractivity contribution >= 4 is 12.2 Å². The van der Waals surface area contributed by atoms with Gasteiger partial charge >= 0.3 is 5.97 Å². The molecule has 0 saturated heterocycles. The largest absolute Gasteiger partial charge is 0.478 e. The average Bonchev–Trinajstić information content (AvgIpc) is 2.08. The second-order valence-electron chi connectivity index (χ2n) is 2.87. The van der Waals surface area contributed by atoms with Crippen LogP contribution in [0.4, 0.5) is 0 Å². The van der Waals surface area contributed by atoms with Crippen molar-refractivity contribution < 1.29 is 9.90 Å². The van der Waals surface area contributed by atoms with Crippen molar-refractivity contribution in [2.24, 2.45) is 0 Å². The summed E-state index contributed by atoms with van der Waals surface area (Å²) in [4.78, 5) is 10.8. The minimum Gasteiger partial charge on any atom is -0.478 e. The molecule has 68 valence electrons. The van der Waals surface area contributed by atoms with Crippen LogP contribution in [0, 0.1) is 12.3 Å². The van der Waals surface area contributed by atoms with E-state index < -0.39 is 5.97 Å². The number of nitrogens with one attached hydrogen (secondary N) is 1. The van der Waals surface area contributed by atoms with E-state index >= 15 is 0 Å². The number of aryl methyl sites for hydroxylation is 1. The Morgan fingerprint density at radius 2 is 2.31 bits per heavy atom. The second-order valence-corrected chi connectivity index (χ2v) is 2.87. The number of benzene rings is 1. The summed E-state index contributed by atoms with van der Waals surface area (Å²) in [6, 6.07) is 5.23. The van der Waals surface area contributed by atoms with Crippen molar-refractivity contribution in [1.82, 2.24) is 0 Å². The van der Waals surface area contributed by atoms with Crippen LogP contribution in [0.25, 0.3) is 0 Å². The molecule has 0 heterocycles. The van der Waals surface area contributed by atoms with Gasteiger partial charge < -0.3 is 10.5 Å². The number of hydrogen-bond acceptors (Lipinski definition) is 2. The Labute approximate surface area is 76.5 Å². The molecule has 0 aromatic heterocycles. The van der Waals surface area contributed by atoms with Crippen molar-refractivity contribution in [2.75, 3.05) is 0 Å². The highest BCUT2D eigenvalue weighted by molar-refractivity contribution is 5.90. The molecule has 3 nitrogen and oxygen atoms in total. The highest BCUT2D eigenvalue weighted by atomic mass is 16.4. The van der Waals surface area contributed by atoms with Gasteiger partial charge in [0.15, 0.2) is 0 Å². The van der Waals surface area contributed by atoms with Crippen molar-refractivity contribution in [3.63, 3.8) is 0 Å². The van der Waals surface area contributed by atoms with E-state index in [-0.39, 0.29) is 0 Å². The minimum atomic E-state index is -0.930. The topological polar surface area (TPSA) is 61.2 Å². The van der Waals surface area contributed by atoms with Crippen LogP contribution in [0.3, 0.4) is 0 Å². The van der Waals surface area contributed by atoms with Crippen molar-refractivity contribution in [3.8, 4) is 0 Å². The summed E-state index contributed by atoms with van der Waals surface area (Å²) in [5, 5.41) is 15.8. The van der Waals surface area contributed by atoms with E-state index in [9.17, 15) is 4.79 Å². The van der Waals surface area contributed by atoms with Crippen LogP contribution in [0.5, 0.6) is 0 Å². The fourth-order valence-electron chi connectivity index (χ4n) is 1.18. The first kappa shape index (κ1) is 9.45. The summed E-state index contributed by atoms with van der Waals surface area (Å²) in [6.45, 7) is 1.85. The lowest BCUT2D eigenvalue weighted by atomic mass is 10.0. The highest BCUT2D eigenvalue weighted by Gasteiger charge is 2.08. The molecule has 0 atom stereocenters. The molecule has 1 rings (SSSR count). The van der Waals surface area contributed by atoms with E-state index in [1.807, 2.05) is 13.0 Å². The summed E-state index contributed by atoms with van der Waals surface area (Å²) in [6.07, 6.45) is 1.58. The molecule has 0 fully saturated rings. The first-order chi connectivity index (χ1) is 6.15. The molecule has 0 aliphatic rings. The molecule has 0 spiro atoms. The molecule has 0 bridgehead atoms. The third-order valence-electron chi connectivity index (χ3n) is 1.82. The third kappa shape index (κ3) is 2.15. The standard InChI is InChI=1S/C10H11NO2/c1-7-2-3-8(4-5-11)9(6-7)10(12)13/h2-3,5-6,11H,4H2,1H3,(H,12,13). The number of carbonyl (C=O) groups is 1. The van der Waals surface area contributed by atoms with Gasteiger partial charge in [-0.3, -0.25) is 0 Å². The van der Waals surface area contributed by atoms with Gasteiger partial charge in [0.1, 0.15) is 0 Å². The molecule has 1 aromatic rings. The summed E-state index contributed by atoms with van der Waals surface area (Å²) >= 11 is 0. The van der Waals surface area contributed by atoms with E-state index in [1.165, 1.54) is 6.21 Å². The molecule has 0 amide bonds. The summed E-state index contributed by atoms with van der Waals surface area (Å²) < 4.78 is 0. The van der Waals surface area contributed by atoms with E-state index in [1.54, 1.807) is 12.1 Å². The number of carboxylic acids is 1. The van der Waals surface area contributed by atoms with Gasteiger partial charge in [-0.2, -0.15) is 0 Å². The maximum Gasteiger partial charge on any atom is 0.335 e. The average molecular weight is 177 g/mol. The van der Waals surface area contributed by atoms with E-state index in [4.69, 9.17) is 10.5 Å². The summed E-state index contributed by atoms with van der Waals surface area (Å²) in [5.74, 6) is -0.930. The van der Waals surface area contributed by atoms with Gasteiger partial charge in [0, 0.05) is 6.42 Å². The Morgan fingerprint density at radius 3 is 2.85 bits per heavy atom. The highest BCUT2D eigenvalue weighted by Crippen LogP contribution is 2.11. The number of aromatic carboxylic acids is 1. The minimum absolute atomic E-state index is 0.295. The first-order valence-corrected chi connectivity index (χ1v) is 3.97. The molecular formula is C10H11NO2. The Bertz CT molecular complexity index is 345. The maximum absolute atomic E-state index is 10.8. The number of rotatable bonds is 3. The predicted molar refractivity (Wildman–Crippen MR) is 50.6 cm³/mol. The SMILES string of the molecule is Cc1ccc(CC=N)c(C(=O)O)c1.